The topological polar surface area (TPSA) is 34.1 Å². The van der Waals surface area contributed by atoms with Gasteiger partial charge in [0.05, 0.1) is 25.8 Å². The summed E-state index contributed by atoms with van der Waals surface area (Å²) in [6.07, 6.45) is 0. The quantitative estimate of drug-likeness (QED) is 0.656. The molecule has 3 rings (SSSR count). The van der Waals surface area contributed by atoms with Crippen molar-refractivity contribution in [3.05, 3.63) is 63.8 Å². The van der Waals surface area contributed by atoms with Crippen molar-refractivity contribution in [3.63, 3.8) is 0 Å². The van der Waals surface area contributed by atoms with Gasteiger partial charge in [-0.1, -0.05) is 41.9 Å². The highest BCUT2D eigenvalue weighted by atomic mass is 35.5. The maximum absolute atomic E-state index is 12.3. The number of benzene rings is 2. The van der Waals surface area contributed by atoms with Crippen molar-refractivity contribution in [1.29, 1.82) is 0 Å². The van der Waals surface area contributed by atoms with Crippen molar-refractivity contribution in [1.82, 2.24) is 0 Å². The normalized spacial score (nSPS) is 12.4. The molecule has 0 saturated heterocycles. The molecular weight excluding hydrogens is 324 g/mol. The molecule has 0 amide bonds. The third-order valence-corrected chi connectivity index (χ3v) is 5.67. The van der Waals surface area contributed by atoms with Crippen LogP contribution in [-0.4, -0.2) is 15.7 Å². The number of carbonyl (C=O) groups excluding carboxylic acids is 1. The minimum absolute atomic E-state index is 0.0187. The number of hydrogen-bond donors (Lipinski definition) is 0. The lowest BCUT2D eigenvalue weighted by molar-refractivity contribution is 0.102. The number of ketones is 1. The van der Waals surface area contributed by atoms with E-state index in [9.17, 15) is 9.00 Å². The van der Waals surface area contributed by atoms with Gasteiger partial charge < -0.3 is 0 Å². The van der Waals surface area contributed by atoms with Crippen LogP contribution in [0, 0.1) is 0 Å². The van der Waals surface area contributed by atoms with E-state index in [1.807, 2.05) is 42.5 Å². The molecule has 1 aromatic heterocycles. The fourth-order valence-electron chi connectivity index (χ4n) is 2.05. The molecule has 0 N–H and O–H groups in total. The van der Waals surface area contributed by atoms with Gasteiger partial charge in [-0.3, -0.25) is 9.00 Å². The van der Waals surface area contributed by atoms with Crippen molar-refractivity contribution < 1.29 is 9.00 Å². The highest BCUT2D eigenvalue weighted by Crippen LogP contribution is 2.23. The fourth-order valence-corrected chi connectivity index (χ4v) is 4.16. The summed E-state index contributed by atoms with van der Waals surface area (Å²) in [5.41, 5.74) is 0. The number of fused-ring (bicyclic) bond motifs is 1. The van der Waals surface area contributed by atoms with E-state index in [0.29, 0.717) is 14.1 Å². The Morgan fingerprint density at radius 2 is 1.81 bits per heavy atom. The molecule has 5 heteroatoms. The summed E-state index contributed by atoms with van der Waals surface area (Å²) in [6.45, 7) is 0. The van der Waals surface area contributed by atoms with Gasteiger partial charge in [-0.15, -0.1) is 11.3 Å². The second-order valence-corrected chi connectivity index (χ2v) is 7.69. The molecule has 2 aromatic carbocycles. The smallest absolute Gasteiger partial charge is 0.185 e. The molecule has 21 heavy (non-hydrogen) atoms. The molecule has 1 atom stereocenters. The average Bonchev–Trinajstić information content (AvgIpc) is 2.93. The molecule has 0 aliphatic rings. The minimum atomic E-state index is -1.35. The number of thiophene rings is 1. The third-order valence-electron chi connectivity index (χ3n) is 3.09. The van der Waals surface area contributed by atoms with Crippen molar-refractivity contribution in [2.45, 2.75) is 4.90 Å². The first-order valence-corrected chi connectivity index (χ1v) is 8.80. The first-order chi connectivity index (χ1) is 10.1. The van der Waals surface area contributed by atoms with Gasteiger partial charge in [-0.25, -0.2) is 0 Å². The standard InChI is InChI=1S/C16H11ClO2S2/c17-16-8-7-15(20-16)14(18)10-21(19)13-6-5-11-3-1-2-4-12(11)9-13/h1-9H,10H2. The van der Waals surface area contributed by atoms with Gasteiger partial charge in [0.15, 0.2) is 5.78 Å². The fraction of sp³-hybridized carbons (Fsp3) is 0.0625. The van der Waals surface area contributed by atoms with Crippen molar-refractivity contribution >= 4 is 50.3 Å². The second kappa shape index (κ2) is 6.10. The van der Waals surface area contributed by atoms with Crippen LogP contribution in [0.3, 0.4) is 0 Å². The highest BCUT2D eigenvalue weighted by molar-refractivity contribution is 7.85. The molecule has 1 heterocycles. The van der Waals surface area contributed by atoms with Crippen LogP contribution in [0.25, 0.3) is 10.8 Å². The molecule has 2 nitrogen and oxygen atoms in total. The van der Waals surface area contributed by atoms with E-state index in [4.69, 9.17) is 11.6 Å². The Kier molecular flexibility index (Phi) is 4.19. The first-order valence-electron chi connectivity index (χ1n) is 6.29. The third kappa shape index (κ3) is 3.23. The zero-order valence-electron chi connectivity index (χ0n) is 10.9. The predicted octanol–water partition coefficient (Wildman–Crippen LogP) is 4.55. The van der Waals surface area contributed by atoms with Crippen LogP contribution in [0.1, 0.15) is 9.67 Å². The summed E-state index contributed by atoms with van der Waals surface area (Å²) in [7, 11) is -1.35. The number of halogens is 1. The largest absolute Gasteiger partial charge is 0.292 e. The van der Waals surface area contributed by atoms with Gasteiger partial charge in [0.2, 0.25) is 0 Å². The molecule has 0 aliphatic heterocycles. The number of hydrogen-bond acceptors (Lipinski definition) is 3. The summed E-state index contributed by atoms with van der Waals surface area (Å²) in [6, 6.07) is 16.8. The van der Waals surface area contributed by atoms with Crippen LogP contribution in [0.5, 0.6) is 0 Å². The molecule has 0 fully saturated rings. The van der Waals surface area contributed by atoms with E-state index in [1.165, 1.54) is 11.3 Å². The Morgan fingerprint density at radius 3 is 2.52 bits per heavy atom. The molecule has 1 unspecified atom stereocenters. The lowest BCUT2D eigenvalue weighted by Gasteiger charge is -2.03. The first kappa shape index (κ1) is 14.4. The summed E-state index contributed by atoms with van der Waals surface area (Å²) in [4.78, 5) is 13.3. The Morgan fingerprint density at radius 1 is 1.05 bits per heavy atom. The van der Waals surface area contributed by atoms with E-state index in [1.54, 1.807) is 12.1 Å². The van der Waals surface area contributed by atoms with Gasteiger partial charge in [-0.05, 0) is 35.0 Å². The van der Waals surface area contributed by atoms with Gasteiger partial charge in [-0.2, -0.15) is 0 Å². The Bertz CT molecular complexity index is 839. The maximum atomic E-state index is 12.3. The van der Waals surface area contributed by atoms with E-state index < -0.39 is 10.8 Å². The van der Waals surface area contributed by atoms with Crippen LogP contribution in [0.15, 0.2) is 59.5 Å². The average molecular weight is 335 g/mol. The predicted molar refractivity (Wildman–Crippen MR) is 88.9 cm³/mol. The zero-order valence-corrected chi connectivity index (χ0v) is 13.3. The van der Waals surface area contributed by atoms with Gasteiger partial charge in [0.25, 0.3) is 0 Å². The van der Waals surface area contributed by atoms with Crippen molar-refractivity contribution in [2.75, 3.05) is 5.75 Å². The lowest BCUT2D eigenvalue weighted by Crippen LogP contribution is -2.09. The number of Topliss-reactive ketones (excluding diaryl/α,β-unsaturated/α-hetero) is 1. The zero-order chi connectivity index (χ0) is 14.8. The van der Waals surface area contributed by atoms with Crippen LogP contribution in [0.2, 0.25) is 4.34 Å². The molecule has 3 aromatic rings. The number of carbonyl (C=O) groups is 1. The molecule has 106 valence electrons. The van der Waals surface area contributed by atoms with E-state index in [0.717, 1.165) is 10.8 Å². The Labute approximate surface area is 133 Å². The Hall–Kier alpha value is -1.49. The molecular formula is C16H11ClO2S2. The van der Waals surface area contributed by atoms with Crippen LogP contribution in [0.4, 0.5) is 0 Å². The van der Waals surface area contributed by atoms with E-state index >= 15 is 0 Å². The molecule has 0 saturated carbocycles. The summed E-state index contributed by atoms with van der Waals surface area (Å²) >= 11 is 7.03. The van der Waals surface area contributed by atoms with Crippen molar-refractivity contribution in [2.24, 2.45) is 0 Å². The molecule has 0 radical (unpaired) electrons. The molecule has 0 bridgehead atoms. The van der Waals surface area contributed by atoms with Gasteiger partial charge in [0, 0.05) is 4.90 Å². The maximum Gasteiger partial charge on any atom is 0.185 e. The molecule has 0 spiro atoms. The monoisotopic (exact) mass is 334 g/mol. The van der Waals surface area contributed by atoms with Crippen LogP contribution in [-0.2, 0) is 10.8 Å². The minimum Gasteiger partial charge on any atom is -0.292 e. The second-order valence-electron chi connectivity index (χ2n) is 4.53. The van der Waals surface area contributed by atoms with Gasteiger partial charge in [0.1, 0.15) is 0 Å². The molecule has 0 aliphatic carbocycles. The Balaban J connectivity index is 1.82. The van der Waals surface area contributed by atoms with Crippen molar-refractivity contribution in [3.8, 4) is 0 Å². The van der Waals surface area contributed by atoms with E-state index in [2.05, 4.69) is 0 Å². The SMILES string of the molecule is O=C(CS(=O)c1ccc2ccccc2c1)c1ccc(Cl)s1. The van der Waals surface area contributed by atoms with Crippen LogP contribution < -0.4 is 0 Å². The van der Waals surface area contributed by atoms with E-state index in [-0.39, 0.29) is 11.5 Å². The summed E-state index contributed by atoms with van der Waals surface area (Å²) in [5.74, 6) is -0.159. The summed E-state index contributed by atoms with van der Waals surface area (Å²) < 4.78 is 12.9. The summed E-state index contributed by atoms with van der Waals surface area (Å²) in [5, 5.41) is 2.12. The van der Waals surface area contributed by atoms with Gasteiger partial charge >= 0.3 is 0 Å². The highest BCUT2D eigenvalue weighted by Gasteiger charge is 2.14. The number of rotatable bonds is 4. The lowest BCUT2D eigenvalue weighted by atomic mass is 10.1. The van der Waals surface area contributed by atoms with Crippen LogP contribution >= 0.6 is 22.9 Å².